The lowest BCUT2D eigenvalue weighted by atomic mass is 10.2. The Morgan fingerprint density at radius 1 is 1.20 bits per heavy atom. The Hall–Kier alpha value is -2.79. The minimum atomic E-state index is -2.88. The monoisotopic (exact) mass is 454 g/mol. The Morgan fingerprint density at radius 3 is 2.63 bits per heavy atom. The van der Waals surface area contributed by atoms with E-state index >= 15 is 0 Å². The number of nitrogens with zero attached hydrogens (tertiary/aromatic N) is 3. The molecule has 30 heavy (non-hydrogen) atoms. The number of amides is 1. The Morgan fingerprint density at radius 2 is 1.93 bits per heavy atom. The van der Waals surface area contributed by atoms with Gasteiger partial charge in [-0.25, -0.2) is 4.39 Å². The molecule has 0 saturated heterocycles. The van der Waals surface area contributed by atoms with Crippen LogP contribution in [0.2, 0.25) is 0 Å². The van der Waals surface area contributed by atoms with Gasteiger partial charge in [0.1, 0.15) is 11.6 Å². The third-order valence-corrected chi connectivity index (χ3v) is 5.79. The van der Waals surface area contributed by atoms with E-state index in [-0.39, 0.29) is 17.4 Å². The summed E-state index contributed by atoms with van der Waals surface area (Å²) in [6.45, 7) is -2.55. The normalized spacial score (nSPS) is 10.8. The highest BCUT2D eigenvalue weighted by molar-refractivity contribution is 8.01. The Kier molecular flexibility index (Phi) is 7.52. The molecule has 158 valence electrons. The Bertz CT molecular complexity index is 986. The maximum atomic E-state index is 13.7. The molecular weight excluding hydrogens is 437 g/mol. The third-order valence-electron chi connectivity index (χ3n) is 3.84. The molecule has 0 bridgehead atoms. The molecule has 6 nitrogen and oxygen atoms in total. The third kappa shape index (κ3) is 6.36. The number of benzene rings is 2. The van der Waals surface area contributed by atoms with Crippen LogP contribution in [0.15, 0.2) is 52.9 Å². The van der Waals surface area contributed by atoms with E-state index in [1.165, 1.54) is 46.2 Å². The van der Waals surface area contributed by atoms with Crippen LogP contribution in [0.1, 0.15) is 5.56 Å². The maximum Gasteiger partial charge on any atom is 0.387 e. The van der Waals surface area contributed by atoms with E-state index in [1.807, 2.05) is 0 Å². The fourth-order valence-corrected chi connectivity index (χ4v) is 4.07. The lowest BCUT2D eigenvalue weighted by molar-refractivity contribution is -0.127. The van der Waals surface area contributed by atoms with Crippen LogP contribution in [-0.4, -0.2) is 40.4 Å². The molecule has 0 spiro atoms. The summed E-state index contributed by atoms with van der Waals surface area (Å²) in [7, 11) is 1.65. The number of anilines is 2. The summed E-state index contributed by atoms with van der Waals surface area (Å²) in [5.74, 6) is -0.314. The fourth-order valence-electron chi connectivity index (χ4n) is 2.37. The highest BCUT2D eigenvalue weighted by atomic mass is 32.2. The summed E-state index contributed by atoms with van der Waals surface area (Å²) in [5.41, 5.74) is 1.08. The van der Waals surface area contributed by atoms with Gasteiger partial charge in [-0.1, -0.05) is 47.4 Å². The molecule has 1 N–H and O–H groups in total. The number of para-hydroxylation sites is 1. The second-order valence-corrected chi connectivity index (χ2v) is 8.24. The van der Waals surface area contributed by atoms with Gasteiger partial charge >= 0.3 is 6.61 Å². The van der Waals surface area contributed by atoms with Gasteiger partial charge < -0.3 is 15.0 Å². The molecule has 0 aliphatic rings. The predicted octanol–water partition coefficient (Wildman–Crippen LogP) is 4.77. The van der Waals surface area contributed by atoms with Crippen molar-refractivity contribution in [3.63, 3.8) is 0 Å². The molecule has 0 aliphatic heterocycles. The number of nitrogens with one attached hydrogen (secondary N) is 1. The van der Waals surface area contributed by atoms with Crippen molar-refractivity contribution in [1.29, 1.82) is 0 Å². The zero-order chi connectivity index (χ0) is 21.5. The topological polar surface area (TPSA) is 67.3 Å². The molecule has 3 aromatic rings. The second kappa shape index (κ2) is 10.3. The molecule has 1 heterocycles. The number of aromatic nitrogens is 2. The van der Waals surface area contributed by atoms with Crippen LogP contribution >= 0.6 is 23.1 Å². The second-order valence-electron chi connectivity index (χ2n) is 6.04. The molecule has 0 saturated carbocycles. The van der Waals surface area contributed by atoms with Crippen LogP contribution in [0.25, 0.3) is 0 Å². The van der Waals surface area contributed by atoms with Gasteiger partial charge in [-0.2, -0.15) is 8.78 Å². The van der Waals surface area contributed by atoms with Crippen molar-refractivity contribution in [3.8, 4) is 5.75 Å². The van der Waals surface area contributed by atoms with E-state index in [0.29, 0.717) is 21.7 Å². The molecule has 3 rings (SSSR count). The van der Waals surface area contributed by atoms with Gasteiger partial charge in [-0.05, 0) is 29.8 Å². The van der Waals surface area contributed by atoms with Crippen LogP contribution in [0.5, 0.6) is 5.75 Å². The number of carbonyl (C=O) groups excluding carboxylic acids is 1. The minimum Gasteiger partial charge on any atom is -0.435 e. The number of hydrogen-bond acceptors (Lipinski definition) is 7. The number of halogens is 3. The fraction of sp³-hybridized carbons (Fsp3) is 0.211. The van der Waals surface area contributed by atoms with Gasteiger partial charge in [0, 0.05) is 13.6 Å². The summed E-state index contributed by atoms with van der Waals surface area (Å²) >= 11 is 2.45. The number of ether oxygens (including phenoxy) is 1. The summed E-state index contributed by atoms with van der Waals surface area (Å²) in [5, 5.41) is 11.2. The molecule has 0 aliphatic carbocycles. The van der Waals surface area contributed by atoms with E-state index in [2.05, 4.69) is 20.3 Å². The first-order valence-corrected chi connectivity index (χ1v) is 10.5. The summed E-state index contributed by atoms with van der Waals surface area (Å²) in [6.07, 6.45) is 0. The standard InChI is InChI=1S/C19H17F3N4O2S2/c1-26(10-12-6-8-13(9-7-12)28-17(21)22)16(27)11-29-19-25-24-18(30-19)23-15-5-3-2-4-14(15)20/h2-9,17H,10-11H2,1H3,(H,23,24). The highest BCUT2D eigenvalue weighted by Crippen LogP contribution is 2.28. The summed E-state index contributed by atoms with van der Waals surface area (Å²) in [4.78, 5) is 13.9. The lowest BCUT2D eigenvalue weighted by Gasteiger charge is -2.17. The van der Waals surface area contributed by atoms with Crippen LogP contribution in [0.4, 0.5) is 24.0 Å². The molecule has 1 aromatic heterocycles. The summed E-state index contributed by atoms with van der Waals surface area (Å²) in [6, 6.07) is 12.3. The molecule has 11 heteroatoms. The van der Waals surface area contributed by atoms with Crippen molar-refractivity contribution >= 4 is 39.8 Å². The van der Waals surface area contributed by atoms with Gasteiger partial charge in [-0.15, -0.1) is 10.2 Å². The van der Waals surface area contributed by atoms with E-state index in [1.54, 1.807) is 37.4 Å². The van der Waals surface area contributed by atoms with Crippen molar-refractivity contribution < 1.29 is 22.7 Å². The number of rotatable bonds is 9. The van der Waals surface area contributed by atoms with Crippen molar-refractivity contribution in [1.82, 2.24) is 15.1 Å². The van der Waals surface area contributed by atoms with Gasteiger partial charge in [-0.3, -0.25) is 4.79 Å². The quantitative estimate of drug-likeness (QED) is 0.470. The van der Waals surface area contributed by atoms with Gasteiger partial charge in [0.05, 0.1) is 11.4 Å². The first kappa shape index (κ1) is 21.9. The van der Waals surface area contributed by atoms with Crippen LogP contribution in [-0.2, 0) is 11.3 Å². The summed E-state index contributed by atoms with van der Waals surface area (Å²) < 4.78 is 42.9. The zero-order valence-corrected chi connectivity index (χ0v) is 17.4. The Labute approximate surface area is 179 Å². The molecule has 0 fully saturated rings. The average Bonchev–Trinajstić information content (AvgIpc) is 3.16. The smallest absolute Gasteiger partial charge is 0.387 e. The van der Waals surface area contributed by atoms with Gasteiger partial charge in [0.2, 0.25) is 11.0 Å². The molecule has 0 radical (unpaired) electrons. The number of thioether (sulfide) groups is 1. The Balaban J connectivity index is 1.48. The average molecular weight is 454 g/mol. The largest absolute Gasteiger partial charge is 0.435 e. The SMILES string of the molecule is CN(Cc1ccc(OC(F)F)cc1)C(=O)CSc1nnc(Nc2ccccc2F)s1. The molecular formula is C19H17F3N4O2S2. The molecule has 1 amide bonds. The first-order chi connectivity index (χ1) is 14.4. The lowest BCUT2D eigenvalue weighted by Crippen LogP contribution is -2.27. The number of carbonyl (C=O) groups is 1. The van der Waals surface area contributed by atoms with Crippen LogP contribution in [0.3, 0.4) is 0 Å². The van der Waals surface area contributed by atoms with E-state index < -0.39 is 12.4 Å². The molecule has 0 unspecified atom stereocenters. The maximum absolute atomic E-state index is 13.7. The van der Waals surface area contributed by atoms with Crippen LogP contribution in [0, 0.1) is 5.82 Å². The highest BCUT2D eigenvalue weighted by Gasteiger charge is 2.13. The molecule has 0 atom stereocenters. The molecule has 2 aromatic carbocycles. The first-order valence-electron chi connectivity index (χ1n) is 8.66. The van der Waals surface area contributed by atoms with Crippen molar-refractivity contribution in [2.75, 3.05) is 18.1 Å². The van der Waals surface area contributed by atoms with E-state index in [0.717, 1.165) is 5.56 Å². The van der Waals surface area contributed by atoms with Crippen molar-refractivity contribution in [2.24, 2.45) is 0 Å². The van der Waals surface area contributed by atoms with Gasteiger partial charge in [0.25, 0.3) is 0 Å². The van der Waals surface area contributed by atoms with Crippen molar-refractivity contribution in [2.45, 2.75) is 17.5 Å². The predicted molar refractivity (Wildman–Crippen MR) is 110 cm³/mol. The van der Waals surface area contributed by atoms with Gasteiger partial charge in [0.15, 0.2) is 4.34 Å². The van der Waals surface area contributed by atoms with E-state index in [4.69, 9.17) is 0 Å². The minimum absolute atomic E-state index is 0.0642. The number of hydrogen-bond donors (Lipinski definition) is 1. The van der Waals surface area contributed by atoms with Crippen LogP contribution < -0.4 is 10.1 Å². The zero-order valence-electron chi connectivity index (χ0n) is 15.7. The number of alkyl halides is 2. The van der Waals surface area contributed by atoms with Crippen molar-refractivity contribution in [3.05, 3.63) is 59.9 Å². The van der Waals surface area contributed by atoms with E-state index in [9.17, 15) is 18.0 Å².